The van der Waals surface area contributed by atoms with Crippen molar-refractivity contribution in [3.63, 3.8) is 0 Å². The average molecular weight is 136 g/mol. The van der Waals surface area contributed by atoms with Crippen molar-refractivity contribution in [3.8, 4) is 0 Å². The lowest BCUT2D eigenvalue weighted by molar-refractivity contribution is 0.393. The van der Waals surface area contributed by atoms with Crippen molar-refractivity contribution < 1.29 is 0 Å². The molecule has 4 heteroatoms. The lowest BCUT2D eigenvalue weighted by Crippen LogP contribution is -2.35. The second-order valence-corrected chi connectivity index (χ2v) is 2.22. The monoisotopic (exact) mass is 136 g/mol. The van der Waals surface area contributed by atoms with Crippen molar-refractivity contribution in [2.24, 2.45) is 9.98 Å². The number of hydrogen-bond acceptors (Lipinski definition) is 4. The van der Waals surface area contributed by atoms with Gasteiger partial charge in [-0.05, 0) is 13.0 Å². The third kappa shape index (κ3) is 0.733. The fourth-order valence-electron chi connectivity index (χ4n) is 0.963. The first kappa shape index (κ1) is 5.61. The molecule has 4 nitrogen and oxygen atoms in total. The third-order valence-electron chi connectivity index (χ3n) is 1.36. The second-order valence-electron chi connectivity index (χ2n) is 2.22. The topological polar surface area (TPSA) is 40.0 Å². The molecule has 0 aromatic rings. The molecule has 2 rings (SSSR count). The molecule has 1 unspecified atom stereocenters. The van der Waals surface area contributed by atoms with E-state index in [1.165, 1.54) is 0 Å². The number of nitrogens with zero attached hydrogens (tertiary/aromatic N) is 3. The van der Waals surface area contributed by atoms with E-state index in [4.69, 9.17) is 0 Å². The lowest BCUT2D eigenvalue weighted by Gasteiger charge is -2.14. The molecule has 2 heterocycles. The summed E-state index contributed by atoms with van der Waals surface area (Å²) in [6.45, 7) is 1.98. The highest BCUT2D eigenvalue weighted by molar-refractivity contribution is 5.94. The summed E-state index contributed by atoms with van der Waals surface area (Å²) in [5.41, 5.74) is 3.08. The average Bonchev–Trinajstić information content (AvgIpc) is 2.27. The van der Waals surface area contributed by atoms with Crippen LogP contribution >= 0.6 is 0 Å². The van der Waals surface area contributed by atoms with Gasteiger partial charge in [0.1, 0.15) is 6.17 Å². The minimum atomic E-state index is 0.148. The smallest absolute Gasteiger partial charge is 0.241 e. The molecule has 1 atom stereocenters. The normalized spacial score (nSPS) is 28.7. The third-order valence-corrected chi connectivity index (χ3v) is 1.36. The highest BCUT2D eigenvalue weighted by atomic mass is 15.6. The van der Waals surface area contributed by atoms with Crippen LogP contribution in [-0.2, 0) is 0 Å². The maximum atomic E-state index is 4.19. The first-order chi connectivity index (χ1) is 4.86. The van der Waals surface area contributed by atoms with Crippen LogP contribution in [0.5, 0.6) is 0 Å². The van der Waals surface area contributed by atoms with E-state index in [9.17, 15) is 0 Å². The van der Waals surface area contributed by atoms with E-state index in [1.807, 2.05) is 24.2 Å². The minimum Gasteiger partial charge on any atom is -0.249 e. The van der Waals surface area contributed by atoms with E-state index >= 15 is 0 Å². The summed E-state index contributed by atoms with van der Waals surface area (Å²) in [6, 6.07) is 0. The number of allylic oxidation sites excluding steroid dienone is 1. The van der Waals surface area contributed by atoms with Crippen molar-refractivity contribution >= 4 is 12.2 Å². The summed E-state index contributed by atoms with van der Waals surface area (Å²) in [6.07, 6.45) is 5.64. The largest absolute Gasteiger partial charge is 0.249 e. The van der Waals surface area contributed by atoms with Crippen molar-refractivity contribution in [1.82, 2.24) is 10.4 Å². The van der Waals surface area contributed by atoms with Crippen LogP contribution < -0.4 is 5.43 Å². The van der Waals surface area contributed by atoms with Crippen LogP contribution in [0.4, 0.5) is 0 Å². The van der Waals surface area contributed by atoms with E-state index in [-0.39, 0.29) is 6.17 Å². The molecule has 10 heavy (non-hydrogen) atoms. The highest BCUT2D eigenvalue weighted by Gasteiger charge is 2.19. The van der Waals surface area contributed by atoms with Crippen LogP contribution in [0, 0.1) is 0 Å². The molecule has 52 valence electrons. The Morgan fingerprint density at radius 3 is 3.40 bits per heavy atom. The molecule has 0 radical (unpaired) electrons. The van der Waals surface area contributed by atoms with Crippen LogP contribution in [-0.4, -0.2) is 23.3 Å². The van der Waals surface area contributed by atoms with Crippen LogP contribution in [0.25, 0.3) is 0 Å². The summed E-state index contributed by atoms with van der Waals surface area (Å²) >= 11 is 0. The van der Waals surface area contributed by atoms with E-state index in [1.54, 1.807) is 6.21 Å². The first-order valence-corrected chi connectivity index (χ1v) is 3.20. The van der Waals surface area contributed by atoms with Gasteiger partial charge in [-0.3, -0.25) is 0 Å². The van der Waals surface area contributed by atoms with Gasteiger partial charge in [-0.2, -0.15) is 0 Å². The quantitative estimate of drug-likeness (QED) is 0.513. The fourth-order valence-corrected chi connectivity index (χ4v) is 0.963. The Morgan fingerprint density at radius 2 is 2.60 bits per heavy atom. The van der Waals surface area contributed by atoms with Gasteiger partial charge in [0.15, 0.2) is 0 Å². The van der Waals surface area contributed by atoms with E-state index in [2.05, 4.69) is 15.4 Å². The molecular weight excluding hydrogens is 128 g/mol. The van der Waals surface area contributed by atoms with Crippen LogP contribution in [0.15, 0.2) is 22.3 Å². The van der Waals surface area contributed by atoms with E-state index in [0.29, 0.717) is 0 Å². The van der Waals surface area contributed by atoms with Crippen molar-refractivity contribution in [2.45, 2.75) is 13.1 Å². The van der Waals surface area contributed by atoms with Crippen LogP contribution in [0.1, 0.15) is 6.92 Å². The minimum absolute atomic E-state index is 0.148. The molecule has 0 aliphatic carbocycles. The van der Waals surface area contributed by atoms with Gasteiger partial charge >= 0.3 is 0 Å². The summed E-state index contributed by atoms with van der Waals surface area (Å²) in [5.74, 6) is 0.745. The van der Waals surface area contributed by atoms with E-state index in [0.717, 1.165) is 5.96 Å². The van der Waals surface area contributed by atoms with Crippen molar-refractivity contribution in [2.75, 3.05) is 0 Å². The van der Waals surface area contributed by atoms with Crippen molar-refractivity contribution in [3.05, 3.63) is 12.3 Å². The number of nitrogens with one attached hydrogen (secondary N) is 1. The molecule has 0 aromatic heterocycles. The van der Waals surface area contributed by atoms with Gasteiger partial charge < -0.3 is 0 Å². The highest BCUT2D eigenvalue weighted by Crippen LogP contribution is 2.06. The first-order valence-electron chi connectivity index (χ1n) is 3.20. The van der Waals surface area contributed by atoms with Gasteiger partial charge in [0.25, 0.3) is 0 Å². The Hall–Kier alpha value is -1.16. The van der Waals surface area contributed by atoms with Gasteiger partial charge in [0.2, 0.25) is 5.96 Å². The number of hydrazine groups is 1. The fraction of sp³-hybridized carbons (Fsp3) is 0.333. The molecule has 0 bridgehead atoms. The zero-order chi connectivity index (χ0) is 6.97. The number of hydrogen-bond donors (Lipinski definition) is 1. The maximum Gasteiger partial charge on any atom is 0.241 e. The standard InChI is InChI=1S/C6H8N4/c1-5-8-6-7-3-2-4-10(6)9-5/h2-5,9H,1H3. The van der Waals surface area contributed by atoms with Crippen molar-refractivity contribution in [1.29, 1.82) is 0 Å². The predicted octanol–water partition coefficient (Wildman–Crippen LogP) is 0.107. The molecule has 0 fully saturated rings. The summed E-state index contributed by atoms with van der Waals surface area (Å²) in [5, 5.41) is 1.81. The van der Waals surface area contributed by atoms with Crippen LogP contribution in [0.3, 0.4) is 0 Å². The van der Waals surface area contributed by atoms with E-state index < -0.39 is 0 Å². The maximum absolute atomic E-state index is 4.19. The molecule has 0 saturated carbocycles. The second kappa shape index (κ2) is 1.91. The van der Waals surface area contributed by atoms with Gasteiger partial charge in [0, 0.05) is 12.4 Å². The number of fused-ring (bicyclic) bond motifs is 1. The molecule has 1 N–H and O–H groups in total. The number of guanidine groups is 1. The molecule has 0 amide bonds. The Bertz CT molecular complexity index is 228. The number of rotatable bonds is 0. The molecule has 2 aliphatic heterocycles. The Labute approximate surface area is 58.9 Å². The molecule has 0 aromatic carbocycles. The van der Waals surface area contributed by atoms with Gasteiger partial charge in [0.05, 0.1) is 0 Å². The number of aliphatic imine (C=N–C) groups is 2. The Morgan fingerprint density at radius 1 is 1.70 bits per heavy atom. The zero-order valence-electron chi connectivity index (χ0n) is 5.65. The Balaban J connectivity index is 2.29. The summed E-state index contributed by atoms with van der Waals surface area (Å²) in [7, 11) is 0. The van der Waals surface area contributed by atoms with Gasteiger partial charge in [-0.15, -0.1) is 0 Å². The molecule has 2 aliphatic rings. The predicted molar refractivity (Wildman–Crippen MR) is 39.5 cm³/mol. The van der Waals surface area contributed by atoms with Gasteiger partial charge in [-0.25, -0.2) is 20.4 Å². The summed E-state index contributed by atoms with van der Waals surface area (Å²) < 4.78 is 0. The molecular formula is C6H8N4. The Kier molecular flexibility index (Phi) is 1.07. The molecule has 0 saturated heterocycles. The SMILES string of the molecule is CC1N=C2N=CC=CN2N1. The molecule has 0 spiro atoms. The summed E-state index contributed by atoms with van der Waals surface area (Å²) in [4.78, 5) is 8.24. The lowest BCUT2D eigenvalue weighted by atomic mass is 10.6. The zero-order valence-corrected chi connectivity index (χ0v) is 5.65. The van der Waals surface area contributed by atoms with Crippen LogP contribution in [0.2, 0.25) is 0 Å². The van der Waals surface area contributed by atoms with Gasteiger partial charge in [-0.1, -0.05) is 0 Å².